The third-order valence-electron chi connectivity index (χ3n) is 6.30. The van der Waals surface area contributed by atoms with Gasteiger partial charge in [-0.1, -0.05) is 0 Å². The lowest BCUT2D eigenvalue weighted by atomic mass is 9.97. The number of nitrogens with one attached hydrogen (secondary N) is 1. The quantitative estimate of drug-likeness (QED) is 0.155. The van der Waals surface area contributed by atoms with E-state index in [9.17, 15) is 45.6 Å². The van der Waals surface area contributed by atoms with Crippen LogP contribution in [0.2, 0.25) is 0 Å². The number of carbonyl (C=O) groups is 1. The molecule has 15 heteroatoms. The summed E-state index contributed by atoms with van der Waals surface area (Å²) in [6.07, 6.45) is -18.4. The lowest BCUT2D eigenvalue weighted by Gasteiger charge is -2.46. The van der Waals surface area contributed by atoms with Gasteiger partial charge in [0.2, 0.25) is 5.91 Å². The number of hydrogen-bond donors (Lipinski definition) is 9. The van der Waals surface area contributed by atoms with Crippen LogP contribution in [0.25, 0.3) is 0 Å². The minimum Gasteiger partial charge on any atom is -0.394 e. The molecule has 0 aromatic heterocycles. The Morgan fingerprint density at radius 2 is 1.60 bits per heavy atom. The molecule has 0 aromatic rings. The monoisotopic (exact) mass is 513 g/mol. The van der Waals surface area contributed by atoms with Crippen molar-refractivity contribution in [2.75, 3.05) is 13.2 Å². The van der Waals surface area contributed by atoms with E-state index in [1.165, 1.54) is 13.8 Å². The summed E-state index contributed by atoms with van der Waals surface area (Å²) in [6, 6.07) is -1.09. The van der Waals surface area contributed by atoms with Crippen molar-refractivity contribution >= 4 is 5.91 Å². The third-order valence-corrected chi connectivity index (χ3v) is 6.30. The maximum absolute atomic E-state index is 11.6. The summed E-state index contributed by atoms with van der Waals surface area (Å²) >= 11 is 0. The topological polar surface area (TPSA) is 237 Å². The fraction of sp³-hybridized carbons (Fsp3) is 0.950. The van der Waals surface area contributed by atoms with Crippen molar-refractivity contribution in [3.63, 3.8) is 0 Å². The summed E-state index contributed by atoms with van der Waals surface area (Å²) in [4.78, 5) is 11.6. The average molecular weight is 513 g/mol. The Balaban J connectivity index is 1.75. The Labute approximate surface area is 200 Å². The van der Waals surface area contributed by atoms with Crippen molar-refractivity contribution < 1.29 is 69.3 Å². The molecule has 3 rings (SSSR count). The second-order valence-electron chi connectivity index (χ2n) is 9.00. The highest BCUT2D eigenvalue weighted by Gasteiger charge is 2.50. The largest absolute Gasteiger partial charge is 0.394 e. The van der Waals surface area contributed by atoms with Gasteiger partial charge in [0.05, 0.1) is 31.5 Å². The summed E-state index contributed by atoms with van der Waals surface area (Å²) in [5.41, 5.74) is 0. The van der Waals surface area contributed by atoms with Crippen molar-refractivity contribution in [3.05, 3.63) is 0 Å². The molecule has 15 nitrogen and oxygen atoms in total. The maximum Gasteiger partial charge on any atom is 0.217 e. The van der Waals surface area contributed by atoms with E-state index in [2.05, 4.69) is 5.32 Å². The molecule has 0 radical (unpaired) electrons. The minimum atomic E-state index is -1.79. The minimum absolute atomic E-state index is 0.00196. The van der Waals surface area contributed by atoms with Gasteiger partial charge in [0, 0.05) is 13.3 Å². The molecule has 3 aliphatic heterocycles. The summed E-state index contributed by atoms with van der Waals surface area (Å²) in [7, 11) is 0. The molecule has 0 spiro atoms. The Morgan fingerprint density at radius 1 is 0.914 bits per heavy atom. The van der Waals surface area contributed by atoms with Gasteiger partial charge in [0.25, 0.3) is 0 Å². The van der Waals surface area contributed by atoms with Crippen LogP contribution in [-0.2, 0) is 28.5 Å². The second-order valence-corrected chi connectivity index (χ2v) is 9.00. The number of rotatable bonds is 7. The van der Waals surface area contributed by atoms with E-state index in [0.29, 0.717) is 0 Å². The second kappa shape index (κ2) is 12.0. The van der Waals surface area contributed by atoms with E-state index in [-0.39, 0.29) is 6.42 Å². The van der Waals surface area contributed by atoms with Crippen molar-refractivity contribution in [2.45, 2.75) is 106 Å². The molecule has 0 unspecified atom stereocenters. The van der Waals surface area contributed by atoms with Crippen LogP contribution in [0, 0.1) is 0 Å². The van der Waals surface area contributed by atoms with Crippen molar-refractivity contribution in [1.29, 1.82) is 0 Å². The zero-order chi connectivity index (χ0) is 26.0. The highest BCUT2D eigenvalue weighted by molar-refractivity contribution is 5.73. The first-order chi connectivity index (χ1) is 16.4. The maximum atomic E-state index is 11.6. The van der Waals surface area contributed by atoms with Crippen LogP contribution in [-0.4, -0.2) is 146 Å². The summed E-state index contributed by atoms with van der Waals surface area (Å²) in [6.45, 7) is 1.72. The average Bonchev–Trinajstić information content (AvgIpc) is 2.81. The van der Waals surface area contributed by atoms with Gasteiger partial charge in [-0.25, -0.2) is 0 Å². The molecule has 14 atom stereocenters. The number of aliphatic hydroxyl groups excluding tert-OH is 8. The van der Waals surface area contributed by atoms with Crippen LogP contribution in [0.15, 0.2) is 0 Å². The first-order valence-electron chi connectivity index (χ1n) is 11.3. The van der Waals surface area contributed by atoms with Crippen LogP contribution in [0.1, 0.15) is 20.3 Å². The van der Waals surface area contributed by atoms with Gasteiger partial charge < -0.3 is 69.9 Å². The molecule has 204 valence electrons. The molecule has 3 fully saturated rings. The number of hydrogen-bond acceptors (Lipinski definition) is 14. The normalized spacial score (nSPS) is 49.0. The first kappa shape index (κ1) is 28.5. The van der Waals surface area contributed by atoms with Gasteiger partial charge in [-0.15, -0.1) is 0 Å². The SMILES string of the molecule is CC(=O)N[C@H]1[C@H](O[C@@H]2[C@@H](OC[C@H]3O[C@@H](O)[C@H](O)[C@@H](O)[C@@H]3O)O[C@H](C)[C@@H](O)[C@@H]2O)O[C@H](CO)C[C@@H]1O. The zero-order valence-electron chi connectivity index (χ0n) is 19.2. The van der Waals surface area contributed by atoms with Gasteiger partial charge in [0.1, 0.15) is 48.8 Å². The van der Waals surface area contributed by atoms with Gasteiger partial charge in [-0.3, -0.25) is 4.79 Å². The van der Waals surface area contributed by atoms with E-state index in [1.807, 2.05) is 0 Å². The third kappa shape index (κ3) is 6.45. The molecule has 0 aromatic carbocycles. The molecule has 0 bridgehead atoms. The standard InChI is InChI=1S/C20H35NO14/c1-6-12(25)15(28)17(35-19-11(21-7(2)23)9(24)3-8(4-22)33-19)20(32-6)31-5-10-13(26)14(27)16(29)18(30)34-10/h6,8-20,22,24-30H,3-5H2,1-2H3,(H,21,23)/t6-,8+,9+,10-,11-,12-,13-,14+,15+,16-,17+,18-,19+,20+/m1/s1. The van der Waals surface area contributed by atoms with Gasteiger partial charge in [0.15, 0.2) is 18.9 Å². The fourth-order valence-electron chi connectivity index (χ4n) is 4.25. The first-order valence-corrected chi connectivity index (χ1v) is 11.3. The molecule has 35 heavy (non-hydrogen) atoms. The van der Waals surface area contributed by atoms with Gasteiger partial charge in [-0.05, 0) is 6.92 Å². The summed E-state index contributed by atoms with van der Waals surface area (Å²) in [5, 5.41) is 82.7. The lowest BCUT2D eigenvalue weighted by molar-refractivity contribution is -0.353. The van der Waals surface area contributed by atoms with Crippen LogP contribution in [0.4, 0.5) is 0 Å². The number of amides is 1. The van der Waals surface area contributed by atoms with E-state index in [1.54, 1.807) is 0 Å². The van der Waals surface area contributed by atoms with Crippen LogP contribution in [0.3, 0.4) is 0 Å². The van der Waals surface area contributed by atoms with Gasteiger partial charge in [-0.2, -0.15) is 0 Å². The van der Waals surface area contributed by atoms with E-state index in [4.69, 9.17) is 23.7 Å². The molecular formula is C20H35NO14. The molecule has 3 aliphatic rings. The number of carbonyl (C=O) groups excluding carboxylic acids is 1. The van der Waals surface area contributed by atoms with E-state index < -0.39 is 105 Å². The molecular weight excluding hydrogens is 478 g/mol. The van der Waals surface area contributed by atoms with Crippen LogP contribution >= 0.6 is 0 Å². The molecule has 9 N–H and O–H groups in total. The predicted octanol–water partition coefficient (Wildman–Crippen LogP) is -5.37. The molecule has 0 aliphatic carbocycles. The zero-order valence-corrected chi connectivity index (χ0v) is 19.2. The highest BCUT2D eigenvalue weighted by atomic mass is 16.8. The Bertz CT molecular complexity index is 701. The lowest BCUT2D eigenvalue weighted by Crippen LogP contribution is -2.64. The molecule has 3 saturated heterocycles. The van der Waals surface area contributed by atoms with Crippen molar-refractivity contribution in [2.24, 2.45) is 0 Å². The Kier molecular flexibility index (Phi) is 9.78. The Hall–Kier alpha value is -1.05. The summed E-state index contributed by atoms with van der Waals surface area (Å²) in [5.74, 6) is -0.502. The predicted molar refractivity (Wildman–Crippen MR) is 110 cm³/mol. The summed E-state index contributed by atoms with van der Waals surface area (Å²) < 4.78 is 27.7. The smallest absolute Gasteiger partial charge is 0.217 e. The molecule has 1 amide bonds. The Morgan fingerprint density at radius 3 is 2.23 bits per heavy atom. The fourth-order valence-corrected chi connectivity index (χ4v) is 4.25. The van der Waals surface area contributed by atoms with Crippen molar-refractivity contribution in [3.8, 4) is 0 Å². The molecule has 0 saturated carbocycles. The van der Waals surface area contributed by atoms with E-state index in [0.717, 1.165) is 0 Å². The number of aliphatic hydroxyl groups is 8. The van der Waals surface area contributed by atoms with Crippen LogP contribution in [0.5, 0.6) is 0 Å². The van der Waals surface area contributed by atoms with Crippen molar-refractivity contribution in [1.82, 2.24) is 5.32 Å². The van der Waals surface area contributed by atoms with Crippen LogP contribution < -0.4 is 5.32 Å². The number of ether oxygens (including phenoxy) is 5. The molecule has 3 heterocycles. The van der Waals surface area contributed by atoms with E-state index >= 15 is 0 Å². The highest BCUT2D eigenvalue weighted by Crippen LogP contribution is 2.30. The van der Waals surface area contributed by atoms with Gasteiger partial charge >= 0.3 is 0 Å².